The van der Waals surface area contributed by atoms with Crippen LogP contribution in [0.2, 0.25) is 0 Å². The van der Waals surface area contributed by atoms with E-state index in [0.717, 1.165) is 10.9 Å². The van der Waals surface area contributed by atoms with Gasteiger partial charge in [-0.3, -0.25) is 0 Å². The smallest absolute Gasteiger partial charge is 0.115 e. The molecule has 106 valence electrons. The number of rotatable bonds is 3. The van der Waals surface area contributed by atoms with Crippen molar-refractivity contribution in [2.24, 2.45) is 0 Å². The maximum Gasteiger partial charge on any atom is 0.115 e. The van der Waals surface area contributed by atoms with E-state index >= 15 is 0 Å². The van der Waals surface area contributed by atoms with Crippen molar-refractivity contribution in [1.82, 2.24) is 10.3 Å². The SMILES string of the molecule is CNC(c1ccc(Br)c(C)c1)c1nc2c(s1)CCCC2. The van der Waals surface area contributed by atoms with E-state index < -0.39 is 0 Å². The molecule has 1 aromatic heterocycles. The molecule has 3 rings (SSSR count). The third-order valence-electron chi connectivity index (χ3n) is 3.91. The van der Waals surface area contributed by atoms with Crippen LogP contribution in [0.25, 0.3) is 0 Å². The largest absolute Gasteiger partial charge is 0.307 e. The molecular formula is C16H19BrN2S. The number of nitrogens with zero attached hydrogens (tertiary/aromatic N) is 1. The Morgan fingerprint density at radius 1 is 1.30 bits per heavy atom. The predicted molar refractivity (Wildman–Crippen MR) is 88.5 cm³/mol. The molecule has 1 unspecified atom stereocenters. The minimum atomic E-state index is 0.206. The third kappa shape index (κ3) is 2.69. The molecule has 1 aromatic carbocycles. The normalized spacial score (nSPS) is 15.9. The number of hydrogen-bond acceptors (Lipinski definition) is 3. The number of benzene rings is 1. The fourth-order valence-corrected chi connectivity index (χ4v) is 4.31. The van der Waals surface area contributed by atoms with E-state index in [1.54, 1.807) is 0 Å². The van der Waals surface area contributed by atoms with Crippen molar-refractivity contribution in [2.75, 3.05) is 7.05 Å². The van der Waals surface area contributed by atoms with Crippen LogP contribution in [0.4, 0.5) is 0 Å². The van der Waals surface area contributed by atoms with Crippen LogP contribution in [0, 0.1) is 6.92 Å². The lowest BCUT2D eigenvalue weighted by Gasteiger charge is -2.15. The van der Waals surface area contributed by atoms with Gasteiger partial charge in [-0.05, 0) is 56.8 Å². The molecule has 1 aliphatic carbocycles. The first-order valence-corrected chi connectivity index (χ1v) is 8.72. The van der Waals surface area contributed by atoms with Gasteiger partial charge >= 0.3 is 0 Å². The number of hydrogen-bond donors (Lipinski definition) is 1. The summed E-state index contributed by atoms with van der Waals surface area (Å²) in [6.45, 7) is 2.13. The molecule has 0 saturated heterocycles. The average Bonchev–Trinajstić information content (AvgIpc) is 2.87. The van der Waals surface area contributed by atoms with Gasteiger partial charge in [0.2, 0.25) is 0 Å². The number of aromatic nitrogens is 1. The minimum Gasteiger partial charge on any atom is -0.307 e. The zero-order valence-corrected chi connectivity index (χ0v) is 14.3. The lowest BCUT2D eigenvalue weighted by Crippen LogP contribution is -2.17. The average molecular weight is 351 g/mol. The van der Waals surface area contributed by atoms with Gasteiger partial charge < -0.3 is 5.32 Å². The van der Waals surface area contributed by atoms with Gasteiger partial charge in [-0.25, -0.2) is 4.98 Å². The van der Waals surface area contributed by atoms with Crippen molar-refractivity contribution in [2.45, 2.75) is 38.6 Å². The fourth-order valence-electron chi connectivity index (χ4n) is 2.78. The van der Waals surface area contributed by atoms with Gasteiger partial charge in [0.05, 0.1) is 11.7 Å². The maximum atomic E-state index is 4.89. The van der Waals surface area contributed by atoms with E-state index in [0.29, 0.717) is 0 Å². The minimum absolute atomic E-state index is 0.206. The highest BCUT2D eigenvalue weighted by atomic mass is 79.9. The quantitative estimate of drug-likeness (QED) is 0.887. The Balaban J connectivity index is 1.96. The van der Waals surface area contributed by atoms with Crippen molar-refractivity contribution < 1.29 is 0 Å². The van der Waals surface area contributed by atoms with E-state index in [-0.39, 0.29) is 6.04 Å². The van der Waals surface area contributed by atoms with Gasteiger partial charge in [0.25, 0.3) is 0 Å². The molecule has 0 amide bonds. The molecule has 1 aliphatic rings. The molecule has 0 aliphatic heterocycles. The van der Waals surface area contributed by atoms with Gasteiger partial charge in [0, 0.05) is 9.35 Å². The molecule has 20 heavy (non-hydrogen) atoms. The lowest BCUT2D eigenvalue weighted by atomic mass is 10.0. The number of fused-ring (bicyclic) bond motifs is 1. The molecule has 1 heterocycles. The number of thiazole rings is 1. The summed E-state index contributed by atoms with van der Waals surface area (Å²) in [5.74, 6) is 0. The van der Waals surface area contributed by atoms with E-state index in [1.165, 1.54) is 46.0 Å². The molecule has 2 aromatic rings. The lowest BCUT2D eigenvalue weighted by molar-refractivity contribution is 0.661. The van der Waals surface area contributed by atoms with E-state index in [4.69, 9.17) is 4.98 Å². The Bertz CT molecular complexity index is 597. The summed E-state index contributed by atoms with van der Waals surface area (Å²) < 4.78 is 1.16. The summed E-state index contributed by atoms with van der Waals surface area (Å²) in [6, 6.07) is 6.75. The predicted octanol–water partition coefficient (Wildman–Crippen LogP) is 4.40. The van der Waals surface area contributed by atoms with Crippen LogP contribution in [0.15, 0.2) is 22.7 Å². The van der Waals surface area contributed by atoms with Gasteiger partial charge in [-0.15, -0.1) is 11.3 Å². The molecule has 0 spiro atoms. The Kier molecular flexibility index (Phi) is 4.24. The van der Waals surface area contributed by atoms with Crippen molar-refractivity contribution in [1.29, 1.82) is 0 Å². The van der Waals surface area contributed by atoms with Crippen molar-refractivity contribution in [3.8, 4) is 0 Å². The second-order valence-electron chi connectivity index (χ2n) is 5.36. The van der Waals surface area contributed by atoms with Crippen molar-refractivity contribution >= 4 is 27.3 Å². The topological polar surface area (TPSA) is 24.9 Å². The first kappa shape index (κ1) is 14.2. The van der Waals surface area contributed by atoms with E-state index in [9.17, 15) is 0 Å². The highest BCUT2D eigenvalue weighted by Crippen LogP contribution is 2.33. The fraction of sp³-hybridized carbons (Fsp3) is 0.438. The number of halogens is 1. The Morgan fingerprint density at radius 2 is 2.10 bits per heavy atom. The van der Waals surface area contributed by atoms with Gasteiger partial charge in [-0.2, -0.15) is 0 Å². The molecule has 2 nitrogen and oxygen atoms in total. The van der Waals surface area contributed by atoms with Crippen molar-refractivity contribution in [3.63, 3.8) is 0 Å². The molecule has 4 heteroatoms. The summed E-state index contributed by atoms with van der Waals surface area (Å²) in [6.07, 6.45) is 4.97. The Hall–Kier alpha value is -0.710. The molecule has 0 saturated carbocycles. The molecule has 0 bridgehead atoms. The standard InChI is InChI=1S/C16H19BrN2S/c1-10-9-11(7-8-12(10)17)15(18-2)16-19-13-5-3-4-6-14(13)20-16/h7-9,15,18H,3-6H2,1-2H3. The van der Waals surface area contributed by atoms with Crippen LogP contribution in [0.5, 0.6) is 0 Å². The summed E-state index contributed by atoms with van der Waals surface area (Å²) in [7, 11) is 2.02. The van der Waals surface area contributed by atoms with Crippen LogP contribution < -0.4 is 5.32 Å². The summed E-state index contributed by atoms with van der Waals surface area (Å²) >= 11 is 5.46. The first-order valence-electron chi connectivity index (χ1n) is 7.11. The highest BCUT2D eigenvalue weighted by Gasteiger charge is 2.21. The van der Waals surface area contributed by atoms with Crippen LogP contribution in [-0.2, 0) is 12.8 Å². The number of nitrogens with one attached hydrogen (secondary N) is 1. The summed E-state index contributed by atoms with van der Waals surface area (Å²) in [5.41, 5.74) is 3.90. The second-order valence-corrected chi connectivity index (χ2v) is 7.33. The maximum absolute atomic E-state index is 4.89. The Morgan fingerprint density at radius 3 is 2.80 bits per heavy atom. The second kappa shape index (κ2) is 5.96. The molecule has 1 N–H and O–H groups in total. The third-order valence-corrected chi connectivity index (χ3v) is 6.03. The van der Waals surface area contributed by atoms with E-state index in [2.05, 4.69) is 46.4 Å². The van der Waals surface area contributed by atoms with Crippen molar-refractivity contribution in [3.05, 3.63) is 49.4 Å². The Labute approximate surface area is 132 Å². The number of aryl methyl sites for hydroxylation is 3. The first-order chi connectivity index (χ1) is 9.69. The van der Waals surface area contributed by atoms with Crippen LogP contribution in [0.1, 0.15) is 45.6 Å². The van der Waals surface area contributed by atoms with Gasteiger partial charge in [0.1, 0.15) is 5.01 Å². The van der Waals surface area contributed by atoms with Crippen LogP contribution >= 0.6 is 27.3 Å². The van der Waals surface area contributed by atoms with E-state index in [1.807, 2.05) is 18.4 Å². The zero-order chi connectivity index (χ0) is 14.1. The molecule has 0 fully saturated rings. The summed E-state index contributed by atoms with van der Waals surface area (Å²) in [4.78, 5) is 6.40. The monoisotopic (exact) mass is 350 g/mol. The molecule has 1 atom stereocenters. The highest BCUT2D eigenvalue weighted by molar-refractivity contribution is 9.10. The van der Waals surface area contributed by atoms with Gasteiger partial charge in [0.15, 0.2) is 0 Å². The summed E-state index contributed by atoms with van der Waals surface area (Å²) in [5, 5.41) is 4.63. The molecule has 0 radical (unpaired) electrons. The van der Waals surface area contributed by atoms with Gasteiger partial charge in [-0.1, -0.05) is 28.1 Å². The van der Waals surface area contributed by atoms with Crippen LogP contribution in [0.3, 0.4) is 0 Å². The van der Waals surface area contributed by atoms with Crippen LogP contribution in [-0.4, -0.2) is 12.0 Å². The zero-order valence-electron chi connectivity index (χ0n) is 11.9. The molecular weight excluding hydrogens is 332 g/mol.